The number of hydrogen-bond acceptors (Lipinski definition) is 5. The number of hydrogen-bond donors (Lipinski definition) is 1. The molecule has 0 bridgehead atoms. The molecule has 1 N–H and O–H groups in total. The lowest BCUT2D eigenvalue weighted by atomic mass is 10.1. The van der Waals surface area contributed by atoms with Crippen molar-refractivity contribution in [2.75, 3.05) is 25.9 Å². The van der Waals surface area contributed by atoms with E-state index in [9.17, 15) is 10.1 Å². The fraction of sp³-hybridized carbons (Fsp3) is 0.409. The summed E-state index contributed by atoms with van der Waals surface area (Å²) in [5, 5.41) is 13.0. The molecule has 1 aromatic carbocycles. The van der Waals surface area contributed by atoms with E-state index >= 15 is 0 Å². The molecule has 148 valence electrons. The number of nitriles is 1. The van der Waals surface area contributed by atoms with E-state index in [1.807, 2.05) is 39.0 Å². The third kappa shape index (κ3) is 6.36. The number of carbonyl (C=O) groups is 1. The Balaban J connectivity index is 1.73. The molecule has 0 saturated carbocycles. The van der Waals surface area contributed by atoms with Gasteiger partial charge in [-0.2, -0.15) is 5.26 Å². The molecule has 5 nitrogen and oxygen atoms in total. The summed E-state index contributed by atoms with van der Waals surface area (Å²) in [6, 6.07) is 12.6. The fourth-order valence-electron chi connectivity index (χ4n) is 2.88. The Hall–Kier alpha value is -2.36. The summed E-state index contributed by atoms with van der Waals surface area (Å²) in [4.78, 5) is 18.9. The van der Waals surface area contributed by atoms with Gasteiger partial charge in [0.05, 0.1) is 11.3 Å². The van der Waals surface area contributed by atoms with Gasteiger partial charge in [-0.3, -0.25) is 4.79 Å². The Morgan fingerprint density at radius 3 is 2.61 bits per heavy atom. The summed E-state index contributed by atoms with van der Waals surface area (Å²) >= 11 is 1.33. The third-order valence-corrected chi connectivity index (χ3v) is 5.72. The van der Waals surface area contributed by atoms with Crippen LogP contribution in [0.5, 0.6) is 0 Å². The molecule has 0 aliphatic rings. The second-order valence-electron chi connectivity index (χ2n) is 6.95. The Kier molecular flexibility index (Phi) is 8.49. The van der Waals surface area contributed by atoms with Gasteiger partial charge in [-0.05, 0) is 57.5 Å². The van der Waals surface area contributed by atoms with Crippen LogP contribution in [0.3, 0.4) is 0 Å². The van der Waals surface area contributed by atoms with E-state index in [1.165, 1.54) is 17.3 Å². The van der Waals surface area contributed by atoms with Gasteiger partial charge in [0.1, 0.15) is 11.1 Å². The van der Waals surface area contributed by atoms with Gasteiger partial charge in [-0.25, -0.2) is 4.98 Å². The number of nitrogens with zero attached hydrogens (tertiary/aromatic N) is 3. The number of aryl methyl sites for hydroxylation is 1. The topological polar surface area (TPSA) is 69.0 Å². The quantitative estimate of drug-likeness (QED) is 0.518. The van der Waals surface area contributed by atoms with Crippen LogP contribution in [0, 0.1) is 32.1 Å². The Labute approximate surface area is 172 Å². The summed E-state index contributed by atoms with van der Waals surface area (Å²) in [6.45, 7) is 8.29. The SMILES string of the molecule is Cc1nc(SCC(=O)NCCCN(C)Cc2ccccc2)c(C#N)c(C)c1C. The number of rotatable bonds is 9. The molecule has 0 aliphatic heterocycles. The molecule has 1 amide bonds. The van der Waals surface area contributed by atoms with Crippen molar-refractivity contribution < 1.29 is 4.79 Å². The van der Waals surface area contributed by atoms with Crippen LogP contribution in [0.2, 0.25) is 0 Å². The van der Waals surface area contributed by atoms with Gasteiger partial charge >= 0.3 is 0 Å². The number of amides is 1. The van der Waals surface area contributed by atoms with Gasteiger partial charge < -0.3 is 10.2 Å². The van der Waals surface area contributed by atoms with E-state index in [4.69, 9.17) is 0 Å². The second-order valence-corrected chi connectivity index (χ2v) is 7.92. The Morgan fingerprint density at radius 1 is 1.21 bits per heavy atom. The second kappa shape index (κ2) is 10.8. The van der Waals surface area contributed by atoms with Crippen LogP contribution in [-0.2, 0) is 11.3 Å². The molecule has 1 aromatic heterocycles. The molecule has 28 heavy (non-hydrogen) atoms. The zero-order valence-electron chi connectivity index (χ0n) is 17.1. The average Bonchev–Trinajstić information content (AvgIpc) is 2.68. The summed E-state index contributed by atoms with van der Waals surface area (Å²) in [7, 11) is 2.09. The van der Waals surface area contributed by atoms with Gasteiger partial charge in [0, 0.05) is 18.8 Å². The number of pyridine rings is 1. The molecule has 1 heterocycles. The monoisotopic (exact) mass is 396 g/mol. The van der Waals surface area contributed by atoms with Gasteiger partial charge in [0.25, 0.3) is 0 Å². The summed E-state index contributed by atoms with van der Waals surface area (Å²) in [5.74, 6) is 0.237. The molecule has 0 saturated heterocycles. The molecular weight excluding hydrogens is 368 g/mol. The lowest BCUT2D eigenvalue weighted by Crippen LogP contribution is -2.29. The molecule has 0 aliphatic carbocycles. The molecule has 0 unspecified atom stereocenters. The minimum Gasteiger partial charge on any atom is -0.355 e. The van der Waals surface area contributed by atoms with Crippen molar-refractivity contribution in [2.45, 2.75) is 38.8 Å². The third-order valence-electron chi connectivity index (χ3n) is 4.75. The first-order chi connectivity index (χ1) is 13.4. The van der Waals surface area contributed by atoms with Crippen LogP contribution >= 0.6 is 11.8 Å². The molecule has 2 rings (SSSR count). The fourth-order valence-corrected chi connectivity index (χ4v) is 3.80. The summed E-state index contributed by atoms with van der Waals surface area (Å²) in [6.07, 6.45) is 0.893. The highest BCUT2D eigenvalue weighted by Crippen LogP contribution is 2.26. The molecule has 0 radical (unpaired) electrons. The zero-order chi connectivity index (χ0) is 20.5. The van der Waals surface area contributed by atoms with Gasteiger partial charge in [-0.15, -0.1) is 0 Å². The molecule has 0 spiro atoms. The van der Waals surface area contributed by atoms with Crippen molar-refractivity contribution in [1.82, 2.24) is 15.2 Å². The lowest BCUT2D eigenvalue weighted by Gasteiger charge is -2.16. The van der Waals surface area contributed by atoms with Crippen molar-refractivity contribution in [3.63, 3.8) is 0 Å². The molecule has 2 aromatic rings. The number of thioether (sulfide) groups is 1. The number of aromatic nitrogens is 1. The van der Waals surface area contributed by atoms with Crippen molar-refractivity contribution >= 4 is 17.7 Å². The van der Waals surface area contributed by atoms with E-state index in [0.717, 1.165) is 36.3 Å². The van der Waals surface area contributed by atoms with Crippen molar-refractivity contribution in [3.05, 3.63) is 58.3 Å². The smallest absolute Gasteiger partial charge is 0.230 e. The van der Waals surface area contributed by atoms with Crippen LogP contribution in [0.4, 0.5) is 0 Å². The first-order valence-electron chi connectivity index (χ1n) is 9.42. The largest absolute Gasteiger partial charge is 0.355 e. The van der Waals surface area contributed by atoms with Gasteiger partial charge in [0.2, 0.25) is 5.91 Å². The van der Waals surface area contributed by atoms with Crippen LogP contribution in [-0.4, -0.2) is 41.7 Å². The summed E-state index contributed by atoms with van der Waals surface area (Å²) < 4.78 is 0. The van der Waals surface area contributed by atoms with E-state index in [-0.39, 0.29) is 11.7 Å². The van der Waals surface area contributed by atoms with Crippen molar-refractivity contribution in [3.8, 4) is 6.07 Å². The van der Waals surface area contributed by atoms with Crippen LogP contribution in [0.25, 0.3) is 0 Å². The van der Waals surface area contributed by atoms with E-state index < -0.39 is 0 Å². The Bertz CT molecular complexity index is 846. The normalized spacial score (nSPS) is 10.7. The van der Waals surface area contributed by atoms with Crippen LogP contribution in [0.1, 0.15) is 34.4 Å². The van der Waals surface area contributed by atoms with E-state index in [0.29, 0.717) is 17.1 Å². The van der Waals surface area contributed by atoms with Crippen LogP contribution in [0.15, 0.2) is 35.4 Å². The highest BCUT2D eigenvalue weighted by molar-refractivity contribution is 8.00. The minimum absolute atomic E-state index is 0.0303. The minimum atomic E-state index is -0.0303. The maximum atomic E-state index is 12.1. The number of benzene rings is 1. The van der Waals surface area contributed by atoms with Gasteiger partial charge in [0.15, 0.2) is 0 Å². The first-order valence-corrected chi connectivity index (χ1v) is 10.4. The average molecular weight is 397 g/mol. The lowest BCUT2D eigenvalue weighted by molar-refractivity contribution is -0.118. The maximum Gasteiger partial charge on any atom is 0.230 e. The predicted octanol–water partition coefficient (Wildman–Crippen LogP) is 3.61. The highest BCUT2D eigenvalue weighted by Gasteiger charge is 2.14. The standard InChI is InChI=1S/C22H28N4OS/c1-16-17(2)20(13-23)22(25-18(16)3)28-15-21(27)24-11-8-12-26(4)14-19-9-6-5-7-10-19/h5-7,9-10H,8,11-12,14-15H2,1-4H3,(H,24,27). The van der Waals surface area contributed by atoms with Crippen molar-refractivity contribution in [1.29, 1.82) is 5.26 Å². The van der Waals surface area contributed by atoms with E-state index in [2.05, 4.69) is 40.5 Å². The molecule has 0 atom stereocenters. The van der Waals surface area contributed by atoms with E-state index in [1.54, 1.807) is 0 Å². The Morgan fingerprint density at radius 2 is 1.93 bits per heavy atom. The zero-order valence-corrected chi connectivity index (χ0v) is 17.9. The molecule has 6 heteroatoms. The highest BCUT2D eigenvalue weighted by atomic mass is 32.2. The van der Waals surface area contributed by atoms with Gasteiger partial charge in [-0.1, -0.05) is 42.1 Å². The maximum absolute atomic E-state index is 12.1. The first kappa shape index (κ1) is 21.9. The predicted molar refractivity (Wildman–Crippen MR) is 114 cm³/mol. The number of nitrogens with one attached hydrogen (secondary N) is 1. The van der Waals surface area contributed by atoms with Crippen molar-refractivity contribution in [2.24, 2.45) is 0 Å². The molecular formula is C22H28N4OS. The van der Waals surface area contributed by atoms with Crippen LogP contribution < -0.4 is 5.32 Å². The molecule has 0 fully saturated rings. The summed E-state index contributed by atoms with van der Waals surface area (Å²) in [5.41, 5.74) is 4.74. The number of carbonyl (C=O) groups excluding carboxylic acids is 1.